The first-order chi connectivity index (χ1) is 12.1. The Morgan fingerprint density at radius 1 is 1.24 bits per heavy atom. The predicted octanol–water partition coefficient (Wildman–Crippen LogP) is 1.73. The lowest BCUT2D eigenvalue weighted by atomic mass is 9.58. The summed E-state index contributed by atoms with van der Waals surface area (Å²) in [6.45, 7) is 6.44. The number of hydrogen-bond donors (Lipinski definition) is 1. The molecule has 1 aliphatic carbocycles. The molecule has 2 heterocycles. The summed E-state index contributed by atoms with van der Waals surface area (Å²) in [6, 6.07) is 8.18. The van der Waals surface area contributed by atoms with Gasteiger partial charge in [0.25, 0.3) is 0 Å². The monoisotopic (exact) mass is 343 g/mol. The number of anilines is 1. The first kappa shape index (κ1) is 16.5. The van der Waals surface area contributed by atoms with E-state index in [9.17, 15) is 5.11 Å². The first-order valence-corrected chi connectivity index (χ1v) is 9.04. The van der Waals surface area contributed by atoms with Crippen LogP contribution in [0.4, 0.5) is 5.95 Å². The van der Waals surface area contributed by atoms with Crippen molar-refractivity contribution in [3.63, 3.8) is 0 Å². The number of piperidine rings is 1. The largest absolute Gasteiger partial charge is 0.392 e. The number of aromatic nitrogens is 4. The fourth-order valence-corrected chi connectivity index (χ4v) is 4.17. The molecule has 0 radical (unpaired) electrons. The topological polar surface area (TPSA) is 76.3 Å². The minimum absolute atomic E-state index is 0.0886. The van der Waals surface area contributed by atoms with Crippen LogP contribution in [0.5, 0.6) is 0 Å². The van der Waals surface area contributed by atoms with Gasteiger partial charge in [0.1, 0.15) is 0 Å². The van der Waals surface area contributed by atoms with Gasteiger partial charge in [0.05, 0.1) is 17.9 Å². The van der Waals surface area contributed by atoms with Gasteiger partial charge in [-0.05, 0) is 49.2 Å². The van der Waals surface area contributed by atoms with Gasteiger partial charge in [0.2, 0.25) is 5.95 Å². The van der Waals surface area contributed by atoms with Crippen LogP contribution in [0.15, 0.2) is 24.3 Å². The average molecular weight is 343 g/mol. The zero-order chi connectivity index (χ0) is 17.4. The van der Waals surface area contributed by atoms with Gasteiger partial charge in [-0.15, -0.1) is 0 Å². The normalized spacial score (nSPS) is 25.2. The highest BCUT2D eigenvalue weighted by Crippen LogP contribution is 2.51. The summed E-state index contributed by atoms with van der Waals surface area (Å²) < 4.78 is 7.63. The fraction of sp³-hybridized carbons (Fsp3) is 0.611. The second kappa shape index (κ2) is 6.38. The van der Waals surface area contributed by atoms with Crippen molar-refractivity contribution >= 4 is 5.95 Å². The molecule has 0 bridgehead atoms. The van der Waals surface area contributed by atoms with Crippen LogP contribution in [0.3, 0.4) is 0 Å². The Bertz CT molecular complexity index is 719. The summed E-state index contributed by atoms with van der Waals surface area (Å²) in [5.74, 6) is 0.764. The second-order valence-corrected chi connectivity index (χ2v) is 7.14. The first-order valence-electron chi connectivity index (χ1n) is 9.04. The van der Waals surface area contributed by atoms with E-state index in [4.69, 9.17) is 4.74 Å². The number of hydrogen-bond acceptors (Lipinski definition) is 6. The minimum Gasteiger partial charge on any atom is -0.392 e. The highest BCUT2D eigenvalue weighted by Gasteiger charge is 2.56. The Morgan fingerprint density at radius 2 is 1.96 bits per heavy atom. The lowest BCUT2D eigenvalue weighted by Crippen LogP contribution is -2.62. The smallest absolute Gasteiger partial charge is 0.250 e. The third-order valence-corrected chi connectivity index (χ3v) is 5.82. The molecule has 0 amide bonds. The second-order valence-electron chi connectivity index (χ2n) is 7.14. The molecule has 0 unspecified atom stereocenters. The number of benzene rings is 1. The van der Waals surface area contributed by atoms with E-state index < -0.39 is 0 Å². The molecule has 2 aromatic rings. The fourth-order valence-electron chi connectivity index (χ4n) is 4.17. The average Bonchev–Trinajstić information content (AvgIpc) is 3.12. The van der Waals surface area contributed by atoms with E-state index in [0.717, 1.165) is 44.0 Å². The summed E-state index contributed by atoms with van der Waals surface area (Å²) in [4.78, 5) is 2.21. The number of tetrazole rings is 1. The van der Waals surface area contributed by atoms with Crippen molar-refractivity contribution in [2.24, 2.45) is 5.41 Å². The van der Waals surface area contributed by atoms with E-state index in [1.807, 2.05) is 19.1 Å². The molecule has 1 spiro atoms. The Morgan fingerprint density at radius 3 is 2.60 bits per heavy atom. The number of rotatable bonds is 4. The molecule has 25 heavy (non-hydrogen) atoms. The van der Waals surface area contributed by atoms with Gasteiger partial charge in [0, 0.05) is 31.5 Å². The molecule has 1 aromatic heterocycles. The third kappa shape index (κ3) is 2.71. The van der Waals surface area contributed by atoms with Crippen LogP contribution < -0.4 is 4.90 Å². The van der Waals surface area contributed by atoms with Gasteiger partial charge in [-0.3, -0.25) is 0 Å². The van der Waals surface area contributed by atoms with Crippen molar-refractivity contribution in [3.05, 3.63) is 29.8 Å². The summed E-state index contributed by atoms with van der Waals surface area (Å²) in [5, 5.41) is 22.6. The molecule has 1 N–H and O–H groups in total. The van der Waals surface area contributed by atoms with Crippen molar-refractivity contribution in [2.75, 3.05) is 24.6 Å². The van der Waals surface area contributed by atoms with Gasteiger partial charge in [-0.1, -0.05) is 22.8 Å². The Hall–Kier alpha value is -1.99. The molecule has 7 nitrogen and oxygen atoms in total. The molecule has 134 valence electrons. The third-order valence-electron chi connectivity index (χ3n) is 5.82. The van der Waals surface area contributed by atoms with Crippen molar-refractivity contribution in [1.29, 1.82) is 0 Å². The van der Waals surface area contributed by atoms with E-state index in [1.165, 1.54) is 5.56 Å². The summed E-state index contributed by atoms with van der Waals surface area (Å²) >= 11 is 0. The van der Waals surface area contributed by atoms with Crippen LogP contribution in [0.2, 0.25) is 0 Å². The molecule has 1 saturated carbocycles. The van der Waals surface area contributed by atoms with Crippen LogP contribution in [0, 0.1) is 12.3 Å². The summed E-state index contributed by atoms with van der Waals surface area (Å²) in [5.41, 5.74) is 2.08. The molecule has 1 aromatic carbocycles. The molecule has 2 atom stereocenters. The van der Waals surface area contributed by atoms with Crippen LogP contribution in [0.1, 0.15) is 31.7 Å². The van der Waals surface area contributed by atoms with E-state index >= 15 is 0 Å². The molecule has 1 saturated heterocycles. The number of aliphatic hydroxyl groups excluding tert-OH is 1. The maximum atomic E-state index is 10.4. The maximum Gasteiger partial charge on any atom is 0.250 e. The maximum absolute atomic E-state index is 10.4. The Kier molecular flexibility index (Phi) is 4.21. The van der Waals surface area contributed by atoms with Crippen LogP contribution >= 0.6 is 0 Å². The highest BCUT2D eigenvalue weighted by atomic mass is 16.5. The van der Waals surface area contributed by atoms with Crippen LogP contribution in [-0.2, 0) is 4.74 Å². The van der Waals surface area contributed by atoms with Gasteiger partial charge in [-0.25, -0.2) is 0 Å². The summed E-state index contributed by atoms with van der Waals surface area (Å²) in [6.07, 6.45) is 2.50. The SMILES string of the molecule is CCO[C@H]1C[C@H](O)C12CCN(c1nnnn1-c1ccc(C)cc1)CC2. The molecule has 2 fully saturated rings. The zero-order valence-electron chi connectivity index (χ0n) is 14.8. The van der Waals surface area contributed by atoms with Gasteiger partial charge in [0.15, 0.2) is 0 Å². The van der Waals surface area contributed by atoms with Gasteiger partial charge < -0.3 is 14.7 Å². The number of aliphatic hydroxyl groups is 1. The van der Waals surface area contributed by atoms with E-state index in [2.05, 4.69) is 39.5 Å². The minimum atomic E-state index is -0.251. The Balaban J connectivity index is 1.50. The van der Waals surface area contributed by atoms with E-state index in [0.29, 0.717) is 6.61 Å². The zero-order valence-corrected chi connectivity index (χ0v) is 14.8. The predicted molar refractivity (Wildman–Crippen MR) is 93.8 cm³/mol. The lowest BCUT2D eigenvalue weighted by Gasteiger charge is -2.56. The van der Waals surface area contributed by atoms with Crippen LogP contribution in [-0.4, -0.2) is 57.2 Å². The number of aryl methyl sites for hydroxylation is 1. The van der Waals surface area contributed by atoms with Gasteiger partial charge in [-0.2, -0.15) is 4.68 Å². The standard InChI is InChI=1S/C18H25N5O2/c1-3-25-16-12-15(24)18(16)8-10-22(11-9-18)17-19-20-21-23(17)14-6-4-13(2)5-7-14/h4-7,15-16,24H,3,8-12H2,1-2H3/t15-,16-/m0/s1. The number of nitrogens with zero attached hydrogens (tertiary/aromatic N) is 5. The van der Waals surface area contributed by atoms with E-state index in [-0.39, 0.29) is 17.6 Å². The van der Waals surface area contributed by atoms with Gasteiger partial charge >= 0.3 is 0 Å². The van der Waals surface area contributed by atoms with Crippen molar-refractivity contribution < 1.29 is 9.84 Å². The highest BCUT2D eigenvalue weighted by molar-refractivity contribution is 5.42. The lowest BCUT2D eigenvalue weighted by molar-refractivity contribution is -0.199. The van der Waals surface area contributed by atoms with Crippen molar-refractivity contribution in [3.8, 4) is 5.69 Å². The molecular weight excluding hydrogens is 318 g/mol. The van der Waals surface area contributed by atoms with Crippen molar-refractivity contribution in [2.45, 2.75) is 45.3 Å². The van der Waals surface area contributed by atoms with E-state index in [1.54, 1.807) is 4.68 Å². The molecular formula is C18H25N5O2. The Labute approximate surface area is 147 Å². The summed E-state index contributed by atoms with van der Waals surface area (Å²) in [7, 11) is 0. The van der Waals surface area contributed by atoms with Crippen molar-refractivity contribution in [1.82, 2.24) is 20.2 Å². The molecule has 4 rings (SSSR count). The molecule has 1 aliphatic heterocycles. The molecule has 2 aliphatic rings. The number of ether oxygens (including phenoxy) is 1. The molecule has 7 heteroatoms. The van der Waals surface area contributed by atoms with Crippen LogP contribution in [0.25, 0.3) is 5.69 Å². The quantitative estimate of drug-likeness (QED) is 0.911.